The molecule has 5 rings (SSSR count). The van der Waals surface area contributed by atoms with Crippen molar-refractivity contribution < 1.29 is 18.0 Å². The van der Waals surface area contributed by atoms with E-state index in [0.29, 0.717) is 42.8 Å². The third-order valence-electron chi connectivity index (χ3n) is 8.57. The van der Waals surface area contributed by atoms with Gasteiger partial charge in [-0.3, -0.25) is 14.6 Å². The summed E-state index contributed by atoms with van der Waals surface area (Å²) in [6.07, 6.45) is 8.89. The number of hydrogen-bond donors (Lipinski definition) is 1. The molecule has 1 N–H and O–H groups in total. The van der Waals surface area contributed by atoms with E-state index in [1.54, 1.807) is 36.0 Å². The molecule has 4 atom stereocenters. The Bertz CT molecular complexity index is 1130. The van der Waals surface area contributed by atoms with Crippen LogP contribution in [0.4, 0.5) is 0 Å². The lowest BCUT2D eigenvalue weighted by Crippen LogP contribution is -2.47. The summed E-state index contributed by atoms with van der Waals surface area (Å²) in [5.74, 6) is 1.92. The van der Waals surface area contributed by atoms with Crippen LogP contribution in [0.1, 0.15) is 57.4 Å². The maximum absolute atomic E-state index is 13.0. The maximum Gasteiger partial charge on any atom is 0.242 e. The van der Waals surface area contributed by atoms with Gasteiger partial charge in [-0.2, -0.15) is 0 Å². The molecule has 1 aromatic rings. The number of sulfone groups is 1. The first-order valence-corrected chi connectivity index (χ1v) is 15.5. The third-order valence-corrected chi connectivity index (χ3v) is 11.0. The molecule has 4 fully saturated rings. The average molecular weight is 518 g/mol. The number of nitrogens with one attached hydrogen (secondary N) is 1. The van der Waals surface area contributed by atoms with Gasteiger partial charge in [-0.25, -0.2) is 8.42 Å². The van der Waals surface area contributed by atoms with Gasteiger partial charge in [0.25, 0.3) is 0 Å². The highest BCUT2D eigenvalue weighted by molar-refractivity contribution is 8.16. The zero-order chi connectivity index (χ0) is 24.8. The number of fused-ring (bicyclic) bond motifs is 2. The number of amidine groups is 1. The fraction of sp³-hybridized carbons (Fsp3) is 0.654. The van der Waals surface area contributed by atoms with Crippen LogP contribution >= 0.6 is 11.8 Å². The highest BCUT2D eigenvalue weighted by Crippen LogP contribution is 2.48. The van der Waals surface area contributed by atoms with Crippen LogP contribution in [0.5, 0.6) is 0 Å². The van der Waals surface area contributed by atoms with Crippen LogP contribution in [0.25, 0.3) is 0 Å². The Morgan fingerprint density at radius 2 is 1.86 bits per heavy atom. The maximum atomic E-state index is 13.0. The Labute approximate surface area is 212 Å². The molecule has 7 nitrogen and oxygen atoms in total. The lowest BCUT2D eigenvalue weighted by atomic mass is 9.84. The number of carbonyl (C=O) groups is 2. The highest BCUT2D eigenvalue weighted by Gasteiger charge is 2.50. The first-order chi connectivity index (χ1) is 16.6. The first kappa shape index (κ1) is 24.8. The molecule has 2 aliphatic heterocycles. The normalized spacial score (nSPS) is 32.4. The number of amides is 2. The summed E-state index contributed by atoms with van der Waals surface area (Å²) in [5, 5.41) is 3.87. The van der Waals surface area contributed by atoms with Crippen molar-refractivity contribution in [3.63, 3.8) is 0 Å². The minimum absolute atomic E-state index is 0.0618. The smallest absolute Gasteiger partial charge is 0.242 e. The quantitative estimate of drug-likeness (QED) is 0.624. The number of aryl methyl sites for hydroxylation is 1. The summed E-state index contributed by atoms with van der Waals surface area (Å²) < 4.78 is 22.7. The monoisotopic (exact) mass is 517 g/mol. The van der Waals surface area contributed by atoms with Gasteiger partial charge in [-0.1, -0.05) is 30.3 Å². The van der Waals surface area contributed by atoms with Crippen molar-refractivity contribution in [2.24, 2.45) is 22.7 Å². The first-order valence-electron chi connectivity index (χ1n) is 12.8. The summed E-state index contributed by atoms with van der Waals surface area (Å²) in [6.45, 7) is 3.37. The Morgan fingerprint density at radius 3 is 2.46 bits per heavy atom. The van der Waals surface area contributed by atoms with Gasteiger partial charge in [0.15, 0.2) is 15.0 Å². The van der Waals surface area contributed by atoms with E-state index in [4.69, 9.17) is 4.99 Å². The molecule has 190 valence electrons. The minimum Gasteiger partial charge on any atom is -0.343 e. The summed E-state index contributed by atoms with van der Waals surface area (Å²) >= 11 is 1.60. The average Bonchev–Trinajstić information content (AvgIpc) is 3.52. The zero-order valence-electron chi connectivity index (χ0n) is 20.5. The fourth-order valence-corrected chi connectivity index (χ4v) is 8.24. The van der Waals surface area contributed by atoms with E-state index in [2.05, 4.69) is 5.32 Å². The standard InChI is InChI=1S/C26H35N3O4S2/c1-26(24(31)28-25(34-26)27-22-16-18-3-7-19(22)15-18)20-11-13-29(14-12-20)23(30)10-6-17-4-8-21(9-5-17)35(2,32)33/h4-5,8-9,18-20,22H,3,6-7,10-16H2,1-2H3,(H,27,28,31)/t18-,19+,22+,26?/m1/s1. The molecule has 2 saturated carbocycles. The number of nitrogens with zero attached hydrogens (tertiary/aromatic N) is 2. The SMILES string of the molecule is CC1(C2CCN(C(=O)CCc3ccc(S(C)(=O)=O)cc3)CC2)SC(=N[C@H]2C[C@@H]3CC[C@H]2C3)NC1=O. The molecule has 4 aliphatic rings. The number of rotatable bonds is 6. The molecular formula is C26H35N3O4S2. The molecule has 0 spiro atoms. The molecule has 2 heterocycles. The van der Waals surface area contributed by atoms with Crippen molar-refractivity contribution in [3.05, 3.63) is 29.8 Å². The predicted molar refractivity (Wildman–Crippen MR) is 138 cm³/mol. The van der Waals surface area contributed by atoms with E-state index in [9.17, 15) is 18.0 Å². The Hall–Kier alpha value is -1.87. The van der Waals surface area contributed by atoms with Crippen molar-refractivity contribution in [2.45, 2.75) is 74.0 Å². The molecule has 2 bridgehead atoms. The predicted octanol–water partition coefficient (Wildman–Crippen LogP) is 3.43. The van der Waals surface area contributed by atoms with Crippen molar-refractivity contribution in [1.29, 1.82) is 0 Å². The van der Waals surface area contributed by atoms with Crippen LogP contribution in [0.2, 0.25) is 0 Å². The van der Waals surface area contributed by atoms with Crippen LogP contribution in [0.3, 0.4) is 0 Å². The summed E-state index contributed by atoms with van der Waals surface area (Å²) in [7, 11) is -3.21. The van der Waals surface area contributed by atoms with E-state index in [1.165, 1.54) is 31.9 Å². The zero-order valence-corrected chi connectivity index (χ0v) is 22.2. The molecule has 2 aliphatic carbocycles. The van der Waals surface area contributed by atoms with Gasteiger partial charge in [0.1, 0.15) is 4.75 Å². The molecule has 35 heavy (non-hydrogen) atoms. The highest BCUT2D eigenvalue weighted by atomic mass is 32.2. The van der Waals surface area contributed by atoms with Crippen LogP contribution in [-0.4, -0.2) is 60.4 Å². The number of aliphatic imine (C=N–C) groups is 1. The van der Waals surface area contributed by atoms with Gasteiger partial charge in [0.05, 0.1) is 10.9 Å². The minimum atomic E-state index is -3.21. The summed E-state index contributed by atoms with van der Waals surface area (Å²) in [6, 6.07) is 7.13. The third kappa shape index (κ3) is 5.17. The topological polar surface area (TPSA) is 95.9 Å². The van der Waals surface area contributed by atoms with Crippen LogP contribution in [0, 0.1) is 17.8 Å². The fourth-order valence-electron chi connectivity index (χ4n) is 6.33. The molecule has 2 amide bonds. The summed E-state index contributed by atoms with van der Waals surface area (Å²) in [4.78, 5) is 32.9. The van der Waals surface area contributed by atoms with Gasteiger partial charge in [0, 0.05) is 25.8 Å². The number of piperidine rings is 1. The Kier molecular flexibility index (Phi) is 6.76. The molecule has 2 saturated heterocycles. The van der Waals surface area contributed by atoms with E-state index in [1.807, 2.05) is 11.8 Å². The molecule has 1 unspecified atom stereocenters. The molecule has 0 aromatic heterocycles. The van der Waals surface area contributed by atoms with Crippen molar-refractivity contribution >= 4 is 38.6 Å². The Morgan fingerprint density at radius 1 is 1.14 bits per heavy atom. The number of thioether (sulfide) groups is 1. The van der Waals surface area contributed by atoms with Gasteiger partial charge in [-0.05, 0) is 80.9 Å². The second-order valence-corrected chi connectivity index (χ2v) is 14.4. The van der Waals surface area contributed by atoms with Gasteiger partial charge < -0.3 is 10.2 Å². The van der Waals surface area contributed by atoms with E-state index in [-0.39, 0.29) is 17.7 Å². The van der Waals surface area contributed by atoms with Gasteiger partial charge in [0.2, 0.25) is 11.8 Å². The number of benzene rings is 1. The molecule has 0 radical (unpaired) electrons. The summed E-state index contributed by atoms with van der Waals surface area (Å²) in [5.41, 5.74) is 0.953. The number of hydrogen-bond acceptors (Lipinski definition) is 6. The number of carbonyl (C=O) groups excluding carboxylic acids is 2. The lowest BCUT2D eigenvalue weighted by Gasteiger charge is -2.38. The Balaban J connectivity index is 1.12. The van der Waals surface area contributed by atoms with Crippen LogP contribution in [0.15, 0.2) is 34.2 Å². The lowest BCUT2D eigenvalue weighted by molar-refractivity contribution is -0.132. The van der Waals surface area contributed by atoms with E-state index < -0.39 is 14.6 Å². The van der Waals surface area contributed by atoms with E-state index >= 15 is 0 Å². The van der Waals surface area contributed by atoms with Crippen molar-refractivity contribution in [1.82, 2.24) is 10.2 Å². The second kappa shape index (κ2) is 9.54. The molecule has 1 aromatic carbocycles. The second-order valence-electron chi connectivity index (χ2n) is 10.9. The van der Waals surface area contributed by atoms with Crippen LogP contribution in [-0.2, 0) is 25.8 Å². The largest absolute Gasteiger partial charge is 0.343 e. The van der Waals surface area contributed by atoms with Crippen LogP contribution < -0.4 is 5.32 Å². The molecule has 9 heteroatoms. The number of likely N-dealkylation sites (tertiary alicyclic amines) is 1. The van der Waals surface area contributed by atoms with Crippen molar-refractivity contribution in [3.8, 4) is 0 Å². The van der Waals surface area contributed by atoms with Gasteiger partial charge in [-0.15, -0.1) is 0 Å². The van der Waals surface area contributed by atoms with Gasteiger partial charge >= 0.3 is 0 Å². The van der Waals surface area contributed by atoms with E-state index in [0.717, 1.165) is 29.5 Å². The molecular weight excluding hydrogens is 482 g/mol. The van der Waals surface area contributed by atoms with Crippen molar-refractivity contribution in [2.75, 3.05) is 19.3 Å².